The minimum absolute atomic E-state index is 0.359. The van der Waals surface area contributed by atoms with Gasteiger partial charge in [0.25, 0.3) is 0 Å². The molecule has 1 saturated heterocycles. The fourth-order valence-corrected chi connectivity index (χ4v) is 0.461. The van der Waals surface area contributed by atoms with E-state index in [2.05, 4.69) is 6.58 Å². The van der Waals surface area contributed by atoms with Crippen molar-refractivity contribution < 1.29 is 4.74 Å². The Morgan fingerprint density at radius 1 is 1.86 bits per heavy atom. The number of ether oxygens (including phenoxy) is 1. The van der Waals surface area contributed by atoms with E-state index in [-0.39, 0.29) is 0 Å². The molecule has 0 N–H and O–H groups in total. The van der Waals surface area contributed by atoms with Crippen molar-refractivity contribution in [2.24, 2.45) is 0 Å². The van der Waals surface area contributed by atoms with Crippen molar-refractivity contribution in [2.75, 3.05) is 0 Å². The first-order chi connectivity index (χ1) is 3.34. The van der Waals surface area contributed by atoms with E-state index in [1.54, 1.807) is 6.08 Å². The van der Waals surface area contributed by atoms with Crippen LogP contribution in [0.2, 0.25) is 0 Å². The summed E-state index contributed by atoms with van der Waals surface area (Å²) in [5.74, 6) is 1.05. The van der Waals surface area contributed by atoms with Gasteiger partial charge in [-0.15, -0.1) is 0 Å². The van der Waals surface area contributed by atoms with Crippen molar-refractivity contribution >= 4 is 0 Å². The molecule has 1 heterocycles. The van der Waals surface area contributed by atoms with Crippen LogP contribution in [0.3, 0.4) is 0 Å². The third-order valence-electron chi connectivity index (χ3n) is 0.938. The number of epoxide rings is 1. The van der Waals surface area contributed by atoms with E-state index < -0.39 is 0 Å². The topological polar surface area (TPSA) is 12.5 Å². The van der Waals surface area contributed by atoms with E-state index >= 15 is 0 Å². The van der Waals surface area contributed by atoms with Gasteiger partial charge in [-0.2, -0.15) is 0 Å². The van der Waals surface area contributed by atoms with Crippen LogP contribution in [0, 0.1) is 0 Å². The fourth-order valence-electron chi connectivity index (χ4n) is 0.461. The van der Waals surface area contributed by atoms with Crippen molar-refractivity contribution in [3.63, 3.8) is 0 Å². The summed E-state index contributed by atoms with van der Waals surface area (Å²) in [6.07, 6.45) is 3.97. The minimum atomic E-state index is 0.359. The molecule has 1 nitrogen and oxygen atoms in total. The number of allylic oxidation sites excluding steroid dienone is 2. The Balaban J connectivity index is 2.44. The molecule has 0 saturated carbocycles. The molecule has 1 aliphatic rings. The molecular formula is C6H8O. The molecule has 0 aliphatic carbocycles. The number of hydrogen-bond acceptors (Lipinski definition) is 1. The summed E-state index contributed by atoms with van der Waals surface area (Å²) in [6, 6.07) is 0. The van der Waals surface area contributed by atoms with Gasteiger partial charge in [-0.05, 0) is 13.0 Å². The van der Waals surface area contributed by atoms with Gasteiger partial charge < -0.3 is 4.74 Å². The third-order valence-corrected chi connectivity index (χ3v) is 0.938. The summed E-state index contributed by atoms with van der Waals surface area (Å²) in [4.78, 5) is 0. The van der Waals surface area contributed by atoms with Crippen LogP contribution < -0.4 is 0 Å². The van der Waals surface area contributed by atoms with E-state index in [9.17, 15) is 0 Å². The SMILES string of the molecule is C=C/C=C1\OC1C. The van der Waals surface area contributed by atoms with Gasteiger partial charge in [-0.3, -0.25) is 0 Å². The second kappa shape index (κ2) is 1.41. The van der Waals surface area contributed by atoms with Gasteiger partial charge in [0, 0.05) is 0 Å². The molecule has 38 valence electrons. The van der Waals surface area contributed by atoms with Crippen molar-refractivity contribution in [1.29, 1.82) is 0 Å². The number of rotatable bonds is 1. The first-order valence-corrected chi connectivity index (χ1v) is 2.34. The highest BCUT2D eigenvalue weighted by atomic mass is 16.6. The van der Waals surface area contributed by atoms with E-state index in [0.717, 1.165) is 5.76 Å². The molecule has 1 aliphatic heterocycles. The Bertz CT molecular complexity index is 113. The van der Waals surface area contributed by atoms with Crippen LogP contribution >= 0.6 is 0 Å². The van der Waals surface area contributed by atoms with Gasteiger partial charge in [0.1, 0.15) is 5.76 Å². The zero-order chi connectivity index (χ0) is 5.28. The molecule has 1 rings (SSSR count). The zero-order valence-electron chi connectivity index (χ0n) is 4.35. The third kappa shape index (κ3) is 0.829. The predicted molar refractivity (Wildman–Crippen MR) is 28.8 cm³/mol. The molecular weight excluding hydrogens is 88.1 g/mol. The van der Waals surface area contributed by atoms with Gasteiger partial charge in [0.05, 0.1) is 0 Å². The van der Waals surface area contributed by atoms with Crippen molar-refractivity contribution in [1.82, 2.24) is 0 Å². The maximum atomic E-state index is 4.95. The average Bonchev–Trinajstić information content (AvgIpc) is 2.22. The van der Waals surface area contributed by atoms with Gasteiger partial charge >= 0.3 is 0 Å². The van der Waals surface area contributed by atoms with E-state index in [0.29, 0.717) is 6.10 Å². The van der Waals surface area contributed by atoms with E-state index in [1.165, 1.54) is 0 Å². The van der Waals surface area contributed by atoms with Crippen LogP contribution in [0.1, 0.15) is 6.92 Å². The molecule has 0 spiro atoms. The van der Waals surface area contributed by atoms with Crippen molar-refractivity contribution in [3.8, 4) is 0 Å². The van der Waals surface area contributed by atoms with Crippen LogP contribution in [0.25, 0.3) is 0 Å². The zero-order valence-corrected chi connectivity index (χ0v) is 4.35. The Hall–Kier alpha value is -0.720. The maximum Gasteiger partial charge on any atom is 0.152 e. The molecule has 0 bridgehead atoms. The molecule has 1 atom stereocenters. The first-order valence-electron chi connectivity index (χ1n) is 2.34. The van der Waals surface area contributed by atoms with Gasteiger partial charge in [-0.1, -0.05) is 12.7 Å². The smallest absolute Gasteiger partial charge is 0.152 e. The largest absolute Gasteiger partial charge is 0.483 e. The van der Waals surface area contributed by atoms with E-state index in [4.69, 9.17) is 4.74 Å². The summed E-state index contributed by atoms with van der Waals surface area (Å²) in [5, 5.41) is 0. The molecule has 0 aromatic carbocycles. The highest BCUT2D eigenvalue weighted by molar-refractivity contribution is 5.17. The lowest BCUT2D eigenvalue weighted by atomic mass is 10.4. The summed E-state index contributed by atoms with van der Waals surface area (Å²) < 4.78 is 4.95. The molecule has 0 aromatic heterocycles. The monoisotopic (exact) mass is 96.1 g/mol. The predicted octanol–water partition coefficient (Wildman–Crippen LogP) is 1.47. The average molecular weight is 96.1 g/mol. The van der Waals surface area contributed by atoms with Gasteiger partial charge in [0.15, 0.2) is 6.10 Å². The fraction of sp³-hybridized carbons (Fsp3) is 0.333. The van der Waals surface area contributed by atoms with Gasteiger partial charge in [-0.25, -0.2) is 0 Å². The molecule has 0 radical (unpaired) electrons. The summed E-state index contributed by atoms with van der Waals surface area (Å²) >= 11 is 0. The normalized spacial score (nSPS) is 32.1. The first kappa shape index (κ1) is 4.44. The molecule has 1 fully saturated rings. The lowest BCUT2D eigenvalue weighted by molar-refractivity contribution is 0.445. The van der Waals surface area contributed by atoms with Crippen LogP contribution in [0.15, 0.2) is 24.5 Å². The minimum Gasteiger partial charge on any atom is -0.483 e. The maximum absolute atomic E-state index is 4.95. The summed E-state index contributed by atoms with van der Waals surface area (Å²) in [5.41, 5.74) is 0. The Morgan fingerprint density at radius 3 is 2.57 bits per heavy atom. The van der Waals surface area contributed by atoms with E-state index in [1.807, 2.05) is 13.0 Å². The quantitative estimate of drug-likeness (QED) is 0.450. The lowest BCUT2D eigenvalue weighted by Crippen LogP contribution is -1.61. The van der Waals surface area contributed by atoms with Crippen molar-refractivity contribution in [2.45, 2.75) is 13.0 Å². The second-order valence-electron chi connectivity index (χ2n) is 1.56. The lowest BCUT2D eigenvalue weighted by Gasteiger charge is -1.56. The summed E-state index contributed by atoms with van der Waals surface area (Å²) in [6.45, 7) is 5.53. The van der Waals surface area contributed by atoms with Crippen LogP contribution in [0.4, 0.5) is 0 Å². The number of hydrogen-bond donors (Lipinski definition) is 0. The van der Waals surface area contributed by atoms with Crippen LogP contribution in [-0.2, 0) is 4.74 Å². The Morgan fingerprint density at radius 2 is 2.43 bits per heavy atom. The second-order valence-corrected chi connectivity index (χ2v) is 1.56. The highest BCUT2D eigenvalue weighted by Crippen LogP contribution is 2.25. The molecule has 0 aromatic rings. The Labute approximate surface area is 43.3 Å². The summed E-state index contributed by atoms with van der Waals surface area (Å²) in [7, 11) is 0. The standard InChI is InChI=1S/C6H8O/c1-3-4-6-5(2)7-6/h3-5H,1H2,2H3/b6-4-. The van der Waals surface area contributed by atoms with Gasteiger partial charge in [0.2, 0.25) is 0 Å². The highest BCUT2D eigenvalue weighted by Gasteiger charge is 2.24. The molecule has 1 heteroatoms. The molecule has 1 unspecified atom stereocenters. The van der Waals surface area contributed by atoms with Crippen molar-refractivity contribution in [3.05, 3.63) is 24.5 Å². The molecule has 0 amide bonds. The van der Waals surface area contributed by atoms with Crippen LogP contribution in [0.5, 0.6) is 0 Å². The van der Waals surface area contributed by atoms with Crippen LogP contribution in [-0.4, -0.2) is 6.10 Å². The molecule has 7 heavy (non-hydrogen) atoms. The Kier molecular flexibility index (Phi) is 0.895.